The second kappa shape index (κ2) is 8.20. The molecule has 1 N–H and O–H groups in total. The number of allylic oxidation sites excluding steroid dienone is 1. The summed E-state index contributed by atoms with van der Waals surface area (Å²) in [5, 5.41) is 11.1. The highest BCUT2D eigenvalue weighted by molar-refractivity contribution is 6.74. The van der Waals surface area contributed by atoms with E-state index in [1.54, 1.807) is 5.57 Å². The first-order valence-corrected chi connectivity index (χ1v) is 17.0. The zero-order valence-electron chi connectivity index (χ0n) is 23.6. The van der Waals surface area contributed by atoms with Crippen LogP contribution < -0.4 is 0 Å². The van der Waals surface area contributed by atoms with Crippen LogP contribution in [0, 0.1) is 45.8 Å². The van der Waals surface area contributed by atoms with E-state index in [1.807, 2.05) is 0 Å². The molecule has 190 valence electrons. The molecule has 4 aliphatic rings. The number of aliphatic hydroxyl groups excluding tert-OH is 1. The summed E-state index contributed by atoms with van der Waals surface area (Å²) in [6.07, 6.45) is 11.4. The van der Waals surface area contributed by atoms with Crippen LogP contribution in [-0.2, 0) is 4.43 Å². The summed E-state index contributed by atoms with van der Waals surface area (Å²) in [6, 6.07) is 0. The minimum absolute atomic E-state index is 0.0630. The van der Waals surface area contributed by atoms with E-state index < -0.39 is 8.32 Å². The minimum Gasteiger partial charge on any atom is -0.417 e. The summed E-state index contributed by atoms with van der Waals surface area (Å²) in [5.74, 6) is 3.96. The lowest BCUT2D eigenvalue weighted by molar-refractivity contribution is -0.0794. The van der Waals surface area contributed by atoms with Gasteiger partial charge < -0.3 is 9.53 Å². The van der Waals surface area contributed by atoms with Gasteiger partial charge in [-0.05, 0) is 103 Å². The van der Waals surface area contributed by atoms with Gasteiger partial charge in [0.1, 0.15) is 0 Å². The molecule has 4 aliphatic carbocycles. The van der Waals surface area contributed by atoms with Crippen molar-refractivity contribution in [3.8, 4) is 0 Å². The first-order valence-electron chi connectivity index (χ1n) is 14.1. The molecule has 0 unspecified atom stereocenters. The van der Waals surface area contributed by atoms with Crippen molar-refractivity contribution in [2.45, 2.75) is 125 Å². The SMILES string of the molecule is C[C@H](CO[Si](C)(C)C(C)(C)C)[C@H]1CC[C@H]2[C@@H]3CC=C4C(C)(C)[C@@H](O)CC[C@]4(C)[C@H]3CC[C@]12C. The van der Waals surface area contributed by atoms with Gasteiger partial charge in [-0.2, -0.15) is 0 Å². The molecule has 0 aromatic heterocycles. The van der Waals surface area contributed by atoms with Crippen molar-refractivity contribution in [1.82, 2.24) is 0 Å². The van der Waals surface area contributed by atoms with E-state index in [1.165, 1.54) is 38.5 Å². The third-order valence-electron chi connectivity index (χ3n) is 12.2. The largest absolute Gasteiger partial charge is 0.417 e. The van der Waals surface area contributed by atoms with Gasteiger partial charge in [-0.15, -0.1) is 0 Å². The van der Waals surface area contributed by atoms with Crippen molar-refractivity contribution in [2.75, 3.05) is 6.61 Å². The van der Waals surface area contributed by atoms with Crippen LogP contribution in [0.25, 0.3) is 0 Å². The van der Waals surface area contributed by atoms with Crippen LogP contribution >= 0.6 is 0 Å². The molecule has 4 rings (SSSR count). The van der Waals surface area contributed by atoms with Crippen molar-refractivity contribution in [3.05, 3.63) is 11.6 Å². The van der Waals surface area contributed by atoms with Crippen LogP contribution in [-0.4, -0.2) is 26.1 Å². The first-order chi connectivity index (χ1) is 15.1. The van der Waals surface area contributed by atoms with Crippen molar-refractivity contribution >= 4 is 8.32 Å². The van der Waals surface area contributed by atoms with Crippen LogP contribution in [0.4, 0.5) is 0 Å². The molecule has 33 heavy (non-hydrogen) atoms. The summed E-state index contributed by atoms with van der Waals surface area (Å²) in [4.78, 5) is 0. The van der Waals surface area contributed by atoms with Crippen LogP contribution in [0.3, 0.4) is 0 Å². The van der Waals surface area contributed by atoms with Crippen LogP contribution in [0.2, 0.25) is 18.1 Å². The van der Waals surface area contributed by atoms with E-state index in [4.69, 9.17) is 4.43 Å². The molecule has 0 radical (unpaired) electrons. The normalized spacial score (nSPS) is 43.8. The van der Waals surface area contributed by atoms with E-state index in [9.17, 15) is 5.11 Å². The summed E-state index contributed by atoms with van der Waals surface area (Å²) in [6.45, 7) is 25.1. The molecule has 3 heteroatoms. The summed E-state index contributed by atoms with van der Waals surface area (Å²) in [7, 11) is -1.69. The maximum Gasteiger partial charge on any atom is 0.191 e. The van der Waals surface area contributed by atoms with Gasteiger partial charge in [0, 0.05) is 12.0 Å². The van der Waals surface area contributed by atoms with E-state index in [-0.39, 0.29) is 16.6 Å². The summed E-state index contributed by atoms with van der Waals surface area (Å²) in [5.41, 5.74) is 2.29. The Morgan fingerprint density at radius 2 is 1.70 bits per heavy atom. The molecule has 0 aliphatic heterocycles. The molecule has 3 saturated carbocycles. The highest BCUT2D eigenvalue weighted by Gasteiger charge is 2.61. The molecular formula is C30H54O2Si. The monoisotopic (exact) mass is 474 g/mol. The zero-order valence-corrected chi connectivity index (χ0v) is 24.6. The van der Waals surface area contributed by atoms with E-state index >= 15 is 0 Å². The predicted molar refractivity (Wildman–Crippen MR) is 143 cm³/mol. The van der Waals surface area contributed by atoms with E-state index in [0.717, 1.165) is 36.7 Å². The maximum absolute atomic E-state index is 10.8. The fourth-order valence-electron chi connectivity index (χ4n) is 9.04. The molecule has 0 spiro atoms. The van der Waals surface area contributed by atoms with Gasteiger partial charge in [0.05, 0.1) is 6.10 Å². The Morgan fingerprint density at radius 3 is 2.33 bits per heavy atom. The fourth-order valence-corrected chi connectivity index (χ4v) is 10.2. The Balaban J connectivity index is 1.52. The van der Waals surface area contributed by atoms with Gasteiger partial charge in [0.15, 0.2) is 8.32 Å². The molecule has 0 heterocycles. The highest BCUT2D eigenvalue weighted by Crippen LogP contribution is 2.68. The molecule has 0 saturated heterocycles. The van der Waals surface area contributed by atoms with Crippen LogP contribution in [0.15, 0.2) is 11.6 Å². The number of hydrogen-bond acceptors (Lipinski definition) is 2. The van der Waals surface area contributed by atoms with Crippen molar-refractivity contribution in [2.24, 2.45) is 45.8 Å². The minimum atomic E-state index is -1.69. The van der Waals surface area contributed by atoms with Gasteiger partial charge in [0.2, 0.25) is 0 Å². The fraction of sp³-hybridized carbons (Fsp3) is 0.933. The Bertz CT molecular complexity index is 777. The van der Waals surface area contributed by atoms with Gasteiger partial charge in [0.25, 0.3) is 0 Å². The molecule has 8 atom stereocenters. The van der Waals surface area contributed by atoms with Crippen molar-refractivity contribution in [3.63, 3.8) is 0 Å². The maximum atomic E-state index is 10.8. The molecule has 3 fully saturated rings. The Kier molecular flexibility index (Phi) is 6.45. The average molecular weight is 475 g/mol. The van der Waals surface area contributed by atoms with Gasteiger partial charge >= 0.3 is 0 Å². The topological polar surface area (TPSA) is 29.5 Å². The standard InChI is InChI=1S/C30H54O2Si/c1-20(19-32-33(9,10)27(2,3)4)22-12-13-23-21-11-14-25-28(5,6)26(31)16-18-30(25,8)24(21)15-17-29(22,23)7/h14,20-24,26,31H,11-13,15-19H2,1-10H3/t20-,21+,22-,23+,24+,26+,29-,30-/m1/s1. The quantitative estimate of drug-likeness (QED) is 0.328. The van der Waals surface area contributed by atoms with Crippen LogP contribution in [0.5, 0.6) is 0 Å². The number of aliphatic hydroxyl groups is 1. The van der Waals surface area contributed by atoms with Gasteiger partial charge in [-0.1, -0.05) is 67.0 Å². The molecule has 0 bridgehead atoms. The molecular weight excluding hydrogens is 420 g/mol. The van der Waals surface area contributed by atoms with Gasteiger partial charge in [-0.3, -0.25) is 0 Å². The number of fused-ring (bicyclic) bond motifs is 5. The Labute approximate surface area is 206 Å². The lowest BCUT2D eigenvalue weighted by Gasteiger charge is -2.61. The van der Waals surface area contributed by atoms with Crippen molar-refractivity contribution in [1.29, 1.82) is 0 Å². The zero-order chi connectivity index (χ0) is 24.6. The molecule has 0 aromatic rings. The highest BCUT2D eigenvalue weighted by atomic mass is 28.4. The third kappa shape index (κ3) is 3.95. The van der Waals surface area contributed by atoms with E-state index in [0.29, 0.717) is 16.7 Å². The second-order valence-electron chi connectivity index (χ2n) is 15.2. The summed E-state index contributed by atoms with van der Waals surface area (Å²) >= 11 is 0. The molecule has 0 aromatic carbocycles. The molecule has 2 nitrogen and oxygen atoms in total. The number of hydrogen-bond donors (Lipinski definition) is 1. The third-order valence-corrected chi connectivity index (χ3v) is 16.7. The second-order valence-corrected chi connectivity index (χ2v) is 20.0. The predicted octanol–water partition coefficient (Wildman–Crippen LogP) is 8.22. The Morgan fingerprint density at radius 1 is 1.03 bits per heavy atom. The Hall–Kier alpha value is -0.123. The average Bonchev–Trinajstić information content (AvgIpc) is 3.06. The summed E-state index contributed by atoms with van der Waals surface area (Å²) < 4.78 is 6.72. The van der Waals surface area contributed by atoms with Gasteiger partial charge in [-0.25, -0.2) is 0 Å². The van der Waals surface area contributed by atoms with Crippen LogP contribution in [0.1, 0.15) is 100 Å². The number of rotatable bonds is 4. The van der Waals surface area contributed by atoms with Crippen molar-refractivity contribution < 1.29 is 9.53 Å². The smallest absolute Gasteiger partial charge is 0.191 e. The van der Waals surface area contributed by atoms with E-state index in [2.05, 4.69) is 74.6 Å². The lowest BCUT2D eigenvalue weighted by atomic mass is 9.44. The first kappa shape index (κ1) is 26.0. The molecule has 0 amide bonds. The lowest BCUT2D eigenvalue weighted by Crippen LogP contribution is -2.54.